The molecular formula is C12H23ClN2O4. The first-order valence-corrected chi connectivity index (χ1v) is 6.14. The molecule has 19 heavy (non-hydrogen) atoms. The molecule has 1 amide bonds. The Labute approximate surface area is 120 Å². The summed E-state index contributed by atoms with van der Waals surface area (Å²) in [6.07, 6.45) is -0.440. The normalized spacial score (nSPS) is 22.7. The molecule has 1 heterocycles. The van der Waals surface area contributed by atoms with Crippen LogP contribution in [0.5, 0.6) is 0 Å². The first kappa shape index (κ1) is 18.0. The quantitative estimate of drug-likeness (QED) is 0.773. The van der Waals surface area contributed by atoms with Crippen LogP contribution < -0.4 is 5.73 Å². The molecule has 0 bridgehead atoms. The Hall–Kier alpha value is -1.01. The van der Waals surface area contributed by atoms with Gasteiger partial charge < -0.3 is 20.1 Å². The Kier molecular flexibility index (Phi) is 6.59. The summed E-state index contributed by atoms with van der Waals surface area (Å²) < 4.78 is 10.2. The number of hydrogen-bond donors (Lipinski definition) is 1. The first-order chi connectivity index (χ1) is 8.24. The maximum Gasteiger partial charge on any atom is 0.410 e. The van der Waals surface area contributed by atoms with Crippen LogP contribution in [0.25, 0.3) is 0 Å². The minimum Gasteiger partial charge on any atom is -0.466 e. The van der Waals surface area contributed by atoms with Crippen LogP contribution in [0.15, 0.2) is 0 Å². The van der Waals surface area contributed by atoms with Gasteiger partial charge in [0.1, 0.15) is 5.60 Å². The Morgan fingerprint density at radius 2 is 1.89 bits per heavy atom. The molecule has 2 atom stereocenters. The minimum atomic E-state index is -0.552. The Morgan fingerprint density at radius 3 is 2.37 bits per heavy atom. The van der Waals surface area contributed by atoms with Gasteiger partial charge in [-0.2, -0.15) is 0 Å². The van der Waals surface area contributed by atoms with Gasteiger partial charge in [0.25, 0.3) is 0 Å². The monoisotopic (exact) mass is 294 g/mol. The lowest BCUT2D eigenvalue weighted by Gasteiger charge is -2.24. The van der Waals surface area contributed by atoms with Gasteiger partial charge in [0, 0.05) is 19.1 Å². The van der Waals surface area contributed by atoms with Crippen LogP contribution in [-0.4, -0.2) is 48.3 Å². The van der Waals surface area contributed by atoms with Crippen molar-refractivity contribution in [2.75, 3.05) is 19.7 Å². The molecule has 0 aliphatic carbocycles. The van der Waals surface area contributed by atoms with E-state index in [-0.39, 0.29) is 24.9 Å². The lowest BCUT2D eigenvalue weighted by molar-refractivity contribution is -0.147. The van der Waals surface area contributed by atoms with Crippen molar-refractivity contribution in [2.24, 2.45) is 11.7 Å². The fourth-order valence-corrected chi connectivity index (χ4v) is 1.80. The fraction of sp³-hybridized carbons (Fsp3) is 0.833. The molecule has 0 spiro atoms. The molecule has 0 aromatic carbocycles. The number of rotatable bonds is 2. The third kappa shape index (κ3) is 5.24. The number of carbonyl (C=O) groups excluding carboxylic acids is 2. The summed E-state index contributed by atoms with van der Waals surface area (Å²) in [4.78, 5) is 24.9. The van der Waals surface area contributed by atoms with Crippen LogP contribution in [0.3, 0.4) is 0 Å². The molecule has 1 aliphatic rings. The van der Waals surface area contributed by atoms with Gasteiger partial charge in [-0.05, 0) is 27.7 Å². The number of nitrogens with zero attached hydrogens (tertiary/aromatic N) is 1. The topological polar surface area (TPSA) is 81.9 Å². The van der Waals surface area contributed by atoms with E-state index in [1.165, 1.54) is 4.90 Å². The zero-order valence-corrected chi connectivity index (χ0v) is 12.7. The van der Waals surface area contributed by atoms with Gasteiger partial charge in [0.05, 0.1) is 12.5 Å². The van der Waals surface area contributed by atoms with Gasteiger partial charge in [-0.1, -0.05) is 0 Å². The summed E-state index contributed by atoms with van der Waals surface area (Å²) in [6.45, 7) is 8.02. The highest BCUT2D eigenvalue weighted by molar-refractivity contribution is 5.85. The summed E-state index contributed by atoms with van der Waals surface area (Å²) in [5, 5.41) is 0. The standard InChI is InChI=1S/C12H22N2O4.ClH/c1-5-17-10(15)8-6-14(7-9(8)13)11(16)18-12(2,3)4;/h8-9H,5-7,13H2,1-4H3;1H. The van der Waals surface area contributed by atoms with E-state index in [4.69, 9.17) is 15.2 Å². The second-order valence-electron chi connectivity index (χ2n) is 5.41. The molecule has 7 heteroatoms. The molecule has 0 aromatic heterocycles. The smallest absolute Gasteiger partial charge is 0.410 e. The van der Waals surface area contributed by atoms with E-state index >= 15 is 0 Å². The first-order valence-electron chi connectivity index (χ1n) is 6.14. The zero-order chi connectivity index (χ0) is 13.9. The summed E-state index contributed by atoms with van der Waals surface area (Å²) in [5.41, 5.74) is 5.30. The van der Waals surface area contributed by atoms with E-state index < -0.39 is 23.7 Å². The highest BCUT2D eigenvalue weighted by Crippen LogP contribution is 2.20. The molecule has 0 radical (unpaired) electrons. The molecular weight excluding hydrogens is 272 g/mol. The third-order valence-electron chi connectivity index (χ3n) is 2.61. The largest absolute Gasteiger partial charge is 0.466 e. The lowest BCUT2D eigenvalue weighted by Crippen LogP contribution is -2.36. The average Bonchev–Trinajstić information content (AvgIpc) is 2.58. The molecule has 1 saturated heterocycles. The van der Waals surface area contributed by atoms with Crippen molar-refractivity contribution in [1.82, 2.24) is 4.90 Å². The van der Waals surface area contributed by atoms with Crippen molar-refractivity contribution in [3.05, 3.63) is 0 Å². The van der Waals surface area contributed by atoms with Crippen LogP contribution in [0, 0.1) is 5.92 Å². The number of ether oxygens (including phenoxy) is 2. The number of hydrogen-bond acceptors (Lipinski definition) is 5. The lowest BCUT2D eigenvalue weighted by atomic mass is 10.1. The van der Waals surface area contributed by atoms with Crippen molar-refractivity contribution in [3.63, 3.8) is 0 Å². The van der Waals surface area contributed by atoms with Gasteiger partial charge >= 0.3 is 12.1 Å². The molecule has 2 N–H and O–H groups in total. The van der Waals surface area contributed by atoms with Crippen LogP contribution in [0.4, 0.5) is 4.79 Å². The van der Waals surface area contributed by atoms with E-state index in [1.807, 2.05) is 0 Å². The summed E-state index contributed by atoms with van der Waals surface area (Å²) in [5.74, 6) is -0.812. The summed E-state index contributed by atoms with van der Waals surface area (Å²) in [7, 11) is 0. The molecule has 1 rings (SSSR count). The number of esters is 1. The number of halogens is 1. The van der Waals surface area contributed by atoms with Crippen molar-refractivity contribution in [3.8, 4) is 0 Å². The van der Waals surface area contributed by atoms with E-state index in [0.717, 1.165) is 0 Å². The van der Waals surface area contributed by atoms with E-state index in [2.05, 4.69) is 0 Å². The van der Waals surface area contributed by atoms with Crippen molar-refractivity contribution >= 4 is 24.5 Å². The number of amides is 1. The van der Waals surface area contributed by atoms with Crippen molar-refractivity contribution < 1.29 is 19.1 Å². The molecule has 2 unspecified atom stereocenters. The van der Waals surface area contributed by atoms with Gasteiger partial charge in [0.2, 0.25) is 0 Å². The molecule has 6 nitrogen and oxygen atoms in total. The Bertz CT molecular complexity index is 330. The number of nitrogens with two attached hydrogens (primary N) is 1. The second kappa shape index (κ2) is 6.96. The SMILES string of the molecule is CCOC(=O)C1CN(C(=O)OC(C)(C)C)CC1N.Cl. The average molecular weight is 295 g/mol. The summed E-state index contributed by atoms with van der Waals surface area (Å²) >= 11 is 0. The predicted molar refractivity (Wildman–Crippen MR) is 73.2 cm³/mol. The zero-order valence-electron chi connectivity index (χ0n) is 11.8. The van der Waals surface area contributed by atoms with Gasteiger partial charge in [-0.25, -0.2) is 4.79 Å². The van der Waals surface area contributed by atoms with Gasteiger partial charge in [-0.3, -0.25) is 4.79 Å². The van der Waals surface area contributed by atoms with Gasteiger partial charge in [-0.15, -0.1) is 12.4 Å². The Balaban J connectivity index is 0.00000324. The highest BCUT2D eigenvalue weighted by atomic mass is 35.5. The van der Waals surface area contributed by atoms with E-state index in [0.29, 0.717) is 13.2 Å². The van der Waals surface area contributed by atoms with Crippen LogP contribution in [0.1, 0.15) is 27.7 Å². The van der Waals surface area contributed by atoms with Gasteiger partial charge in [0.15, 0.2) is 0 Å². The molecule has 112 valence electrons. The Morgan fingerprint density at radius 1 is 1.32 bits per heavy atom. The fourth-order valence-electron chi connectivity index (χ4n) is 1.80. The van der Waals surface area contributed by atoms with Crippen LogP contribution in [-0.2, 0) is 14.3 Å². The van der Waals surface area contributed by atoms with Crippen LogP contribution >= 0.6 is 12.4 Å². The number of likely N-dealkylation sites (tertiary alicyclic amines) is 1. The maximum atomic E-state index is 11.8. The third-order valence-corrected chi connectivity index (χ3v) is 2.61. The van der Waals surface area contributed by atoms with Crippen LogP contribution in [0.2, 0.25) is 0 Å². The minimum absolute atomic E-state index is 0. The highest BCUT2D eigenvalue weighted by Gasteiger charge is 2.39. The summed E-state index contributed by atoms with van der Waals surface area (Å²) in [6, 6.07) is -0.392. The van der Waals surface area contributed by atoms with Crippen molar-refractivity contribution in [2.45, 2.75) is 39.3 Å². The maximum absolute atomic E-state index is 11.8. The van der Waals surface area contributed by atoms with E-state index in [9.17, 15) is 9.59 Å². The molecule has 0 aromatic rings. The second-order valence-corrected chi connectivity index (χ2v) is 5.41. The van der Waals surface area contributed by atoms with Crippen molar-refractivity contribution in [1.29, 1.82) is 0 Å². The predicted octanol–water partition coefficient (Wildman–Crippen LogP) is 1.17. The molecule has 1 fully saturated rings. The number of carbonyl (C=O) groups is 2. The van der Waals surface area contributed by atoms with E-state index in [1.54, 1.807) is 27.7 Å². The molecule has 1 aliphatic heterocycles. The molecule has 0 saturated carbocycles.